The lowest BCUT2D eigenvalue weighted by Gasteiger charge is -2.16. The van der Waals surface area contributed by atoms with Crippen LogP contribution in [-0.2, 0) is 6.42 Å². The van der Waals surface area contributed by atoms with Gasteiger partial charge in [0.15, 0.2) is 0 Å². The Morgan fingerprint density at radius 2 is 1.07 bits per heavy atom. The van der Waals surface area contributed by atoms with Crippen LogP contribution in [-0.4, -0.2) is 52.5 Å². The highest BCUT2D eigenvalue weighted by atomic mass is 16.5. The van der Waals surface area contributed by atoms with Gasteiger partial charge in [0.25, 0.3) is 0 Å². The number of ether oxygens (including phenoxy) is 2. The molecule has 0 saturated carbocycles. The summed E-state index contributed by atoms with van der Waals surface area (Å²) in [5.74, 6) is 1.98. The Kier molecular flexibility index (Phi) is 7.96. The fourth-order valence-electron chi connectivity index (χ4n) is 4.18. The van der Waals surface area contributed by atoms with E-state index >= 15 is 0 Å². The van der Waals surface area contributed by atoms with Gasteiger partial charge in [0.05, 0.1) is 26.2 Å². The third-order valence-corrected chi connectivity index (χ3v) is 6.27. The molecular weight excluding hydrogens is 360 g/mol. The van der Waals surface area contributed by atoms with Crippen molar-refractivity contribution in [3.8, 4) is 22.6 Å². The summed E-state index contributed by atoms with van der Waals surface area (Å²) >= 11 is 0. The summed E-state index contributed by atoms with van der Waals surface area (Å²) in [6, 6.07) is 13.1. The molecule has 29 heavy (non-hydrogen) atoms. The van der Waals surface area contributed by atoms with Crippen molar-refractivity contribution in [1.82, 2.24) is 0 Å². The Balaban J connectivity index is 1.58. The maximum Gasteiger partial charge on any atom is 0.137 e. The molecule has 0 amide bonds. The van der Waals surface area contributed by atoms with Gasteiger partial charge in [0.2, 0.25) is 0 Å². The van der Waals surface area contributed by atoms with Crippen LogP contribution in [0.3, 0.4) is 0 Å². The zero-order valence-electron chi connectivity index (χ0n) is 18.6. The third kappa shape index (κ3) is 5.52. The predicted octanol–water partition coefficient (Wildman–Crippen LogP) is 1.86. The quantitative estimate of drug-likeness (QED) is 0.487. The molecule has 2 N–H and O–H groups in total. The number of hydrogen-bond acceptors (Lipinski definition) is 2. The highest BCUT2D eigenvalue weighted by Crippen LogP contribution is 2.39. The number of nitrogens with one attached hydrogen (secondary N) is 2. The zero-order valence-corrected chi connectivity index (χ0v) is 18.6. The van der Waals surface area contributed by atoms with Gasteiger partial charge < -0.3 is 19.3 Å². The summed E-state index contributed by atoms with van der Waals surface area (Å²) in [6.07, 6.45) is 0.960. The van der Waals surface area contributed by atoms with Crippen LogP contribution in [0.5, 0.6) is 11.5 Å². The van der Waals surface area contributed by atoms with Crippen molar-refractivity contribution in [3.05, 3.63) is 47.5 Å². The Morgan fingerprint density at radius 1 is 0.655 bits per heavy atom. The summed E-state index contributed by atoms with van der Waals surface area (Å²) in [6.45, 7) is 17.2. The summed E-state index contributed by atoms with van der Waals surface area (Å²) in [5.41, 5.74) is 5.39. The van der Waals surface area contributed by atoms with Crippen LogP contribution in [0.25, 0.3) is 11.1 Å². The molecule has 4 heteroatoms. The molecule has 0 saturated heterocycles. The molecule has 0 spiro atoms. The van der Waals surface area contributed by atoms with E-state index in [-0.39, 0.29) is 0 Å². The average Bonchev–Trinajstić information content (AvgIpc) is 3.11. The first-order valence-corrected chi connectivity index (χ1v) is 11.4. The van der Waals surface area contributed by atoms with E-state index in [9.17, 15) is 0 Å². The lowest BCUT2D eigenvalue weighted by Crippen LogP contribution is -3.12. The lowest BCUT2D eigenvalue weighted by atomic mass is 10.1. The Hall–Kier alpha value is -2.04. The van der Waals surface area contributed by atoms with Crippen LogP contribution in [0, 0.1) is 0 Å². The second kappa shape index (κ2) is 10.7. The summed E-state index contributed by atoms with van der Waals surface area (Å²) in [7, 11) is 0. The molecule has 0 unspecified atom stereocenters. The molecule has 1 aliphatic carbocycles. The number of fused-ring (bicyclic) bond motifs is 3. The molecule has 2 aromatic carbocycles. The van der Waals surface area contributed by atoms with Gasteiger partial charge in [-0.3, -0.25) is 0 Å². The second-order valence-corrected chi connectivity index (χ2v) is 7.93. The topological polar surface area (TPSA) is 27.3 Å². The minimum absolute atomic E-state index is 0.773. The Bertz CT molecular complexity index is 717. The lowest BCUT2D eigenvalue weighted by molar-refractivity contribution is -0.896. The Labute approximate surface area is 176 Å². The molecule has 1 aliphatic rings. The molecule has 0 aromatic heterocycles. The van der Waals surface area contributed by atoms with Gasteiger partial charge in [-0.2, -0.15) is 0 Å². The van der Waals surface area contributed by atoms with Crippen molar-refractivity contribution in [2.24, 2.45) is 0 Å². The smallest absolute Gasteiger partial charge is 0.137 e. The SMILES string of the molecule is CC[NH+](CC)CCOc1ccc2c(c1)Cc1cc(OCC[NH+](CC)CC)ccc1-2. The van der Waals surface area contributed by atoms with Crippen LogP contribution in [0.15, 0.2) is 36.4 Å². The number of likely N-dealkylation sites (N-methyl/N-ethyl adjacent to an activating group) is 2. The van der Waals surface area contributed by atoms with Crippen molar-refractivity contribution in [2.45, 2.75) is 34.1 Å². The van der Waals surface area contributed by atoms with Crippen molar-refractivity contribution in [3.63, 3.8) is 0 Å². The maximum atomic E-state index is 6.04. The van der Waals surface area contributed by atoms with Gasteiger partial charge in [-0.25, -0.2) is 0 Å². The molecular formula is C25H38N2O2+2. The summed E-state index contributed by atoms with van der Waals surface area (Å²) < 4.78 is 12.1. The molecule has 4 nitrogen and oxygen atoms in total. The standard InChI is InChI=1S/C25H36N2O2/c1-5-26(6-2)13-15-28-22-9-11-24-20(18-22)17-21-19-23(10-12-25(21)24)29-16-14-27(7-3)8-4/h9-12,18-19H,5-8,13-17H2,1-4H3/p+2. The van der Waals surface area contributed by atoms with Gasteiger partial charge >= 0.3 is 0 Å². The van der Waals surface area contributed by atoms with Gasteiger partial charge in [0, 0.05) is 0 Å². The van der Waals surface area contributed by atoms with E-state index in [2.05, 4.69) is 64.1 Å². The number of hydrogen-bond donors (Lipinski definition) is 2. The van der Waals surface area contributed by atoms with Crippen LogP contribution in [0.2, 0.25) is 0 Å². The van der Waals surface area contributed by atoms with E-state index in [0.717, 1.165) is 70.4 Å². The summed E-state index contributed by atoms with van der Waals surface area (Å²) in [4.78, 5) is 3.15. The van der Waals surface area contributed by atoms with Gasteiger partial charge in [-0.15, -0.1) is 0 Å². The fourth-order valence-corrected chi connectivity index (χ4v) is 4.18. The fraction of sp³-hybridized carbons (Fsp3) is 0.520. The van der Waals surface area contributed by atoms with E-state index < -0.39 is 0 Å². The van der Waals surface area contributed by atoms with Gasteiger partial charge in [0.1, 0.15) is 37.8 Å². The molecule has 0 aliphatic heterocycles. The zero-order chi connectivity index (χ0) is 20.6. The predicted molar refractivity (Wildman–Crippen MR) is 119 cm³/mol. The minimum atomic E-state index is 0.773. The van der Waals surface area contributed by atoms with Crippen molar-refractivity contribution < 1.29 is 19.3 Å². The maximum absolute atomic E-state index is 6.04. The third-order valence-electron chi connectivity index (χ3n) is 6.27. The summed E-state index contributed by atoms with van der Waals surface area (Å²) in [5, 5.41) is 0. The molecule has 0 fully saturated rings. The highest BCUT2D eigenvalue weighted by Gasteiger charge is 2.20. The van der Waals surface area contributed by atoms with Gasteiger partial charge in [-0.1, -0.05) is 12.1 Å². The highest BCUT2D eigenvalue weighted by molar-refractivity contribution is 5.78. The van der Waals surface area contributed by atoms with Crippen molar-refractivity contribution in [2.75, 3.05) is 52.5 Å². The molecule has 158 valence electrons. The van der Waals surface area contributed by atoms with Crippen molar-refractivity contribution >= 4 is 0 Å². The monoisotopic (exact) mass is 398 g/mol. The average molecular weight is 399 g/mol. The number of rotatable bonds is 12. The van der Waals surface area contributed by atoms with Crippen LogP contribution in [0.4, 0.5) is 0 Å². The second-order valence-electron chi connectivity index (χ2n) is 7.93. The molecule has 0 bridgehead atoms. The molecule has 0 atom stereocenters. The Morgan fingerprint density at radius 3 is 1.45 bits per heavy atom. The van der Waals surface area contributed by atoms with E-state index in [4.69, 9.17) is 9.47 Å². The van der Waals surface area contributed by atoms with Crippen LogP contribution in [0.1, 0.15) is 38.8 Å². The number of benzene rings is 2. The minimum Gasteiger partial charge on any atom is -0.488 e. The normalized spacial score (nSPS) is 12.3. The number of quaternary nitrogens is 2. The molecule has 0 heterocycles. The first-order valence-electron chi connectivity index (χ1n) is 11.4. The largest absolute Gasteiger partial charge is 0.488 e. The molecule has 2 aromatic rings. The van der Waals surface area contributed by atoms with E-state index in [1.54, 1.807) is 9.80 Å². The van der Waals surface area contributed by atoms with E-state index in [0.29, 0.717) is 0 Å². The van der Waals surface area contributed by atoms with E-state index in [1.165, 1.54) is 22.3 Å². The van der Waals surface area contributed by atoms with Gasteiger partial charge in [-0.05, 0) is 80.6 Å². The van der Waals surface area contributed by atoms with Crippen LogP contribution < -0.4 is 19.3 Å². The first-order chi connectivity index (χ1) is 14.2. The molecule has 3 rings (SSSR count). The van der Waals surface area contributed by atoms with E-state index in [1.807, 2.05) is 0 Å². The molecule has 0 radical (unpaired) electrons. The van der Waals surface area contributed by atoms with Crippen molar-refractivity contribution in [1.29, 1.82) is 0 Å². The van der Waals surface area contributed by atoms with Crippen LogP contribution >= 0.6 is 0 Å². The first kappa shape index (κ1) is 21.7.